The van der Waals surface area contributed by atoms with Crippen LogP contribution in [0.2, 0.25) is 0 Å². The van der Waals surface area contributed by atoms with Crippen molar-refractivity contribution in [3.05, 3.63) is 99.5 Å². The van der Waals surface area contributed by atoms with E-state index < -0.39 is 23.8 Å². The molecule has 6 rings (SSSR count). The predicted molar refractivity (Wildman–Crippen MR) is 177 cm³/mol. The number of carbonyl (C=O) groups excluding carboxylic acids is 2. The molecule has 234 valence electrons. The van der Waals surface area contributed by atoms with E-state index in [1.54, 1.807) is 11.3 Å². The summed E-state index contributed by atoms with van der Waals surface area (Å²) in [6.07, 6.45) is 5.49. The monoisotopic (exact) mass is 624 g/mol. The fourth-order valence-electron chi connectivity index (χ4n) is 6.26. The molecular weight excluding hydrogens is 584 g/mol. The van der Waals surface area contributed by atoms with Gasteiger partial charge in [-0.25, -0.2) is 9.59 Å². The maximum absolute atomic E-state index is 12.8. The first kappa shape index (κ1) is 30.8. The van der Waals surface area contributed by atoms with Crippen molar-refractivity contribution >= 4 is 29.2 Å². The summed E-state index contributed by atoms with van der Waals surface area (Å²) < 4.78 is 11.3. The second kappa shape index (κ2) is 13.4. The average Bonchev–Trinajstić information content (AvgIpc) is 3.64. The van der Waals surface area contributed by atoms with E-state index in [4.69, 9.17) is 9.47 Å². The van der Waals surface area contributed by atoms with Crippen LogP contribution in [0.5, 0.6) is 0 Å². The van der Waals surface area contributed by atoms with Gasteiger partial charge in [-0.15, -0.1) is 10.2 Å². The normalized spacial score (nSPS) is 15.5. The molecule has 9 heteroatoms. The zero-order chi connectivity index (χ0) is 31.4. The molecule has 2 N–H and O–H groups in total. The highest BCUT2D eigenvalue weighted by molar-refractivity contribution is 7.11. The number of rotatable bonds is 8. The number of carbonyl (C=O) groups is 2. The average molecular weight is 625 g/mol. The van der Waals surface area contributed by atoms with Crippen LogP contribution in [-0.2, 0) is 15.9 Å². The van der Waals surface area contributed by atoms with E-state index in [1.807, 2.05) is 69.3 Å². The number of aromatic nitrogens is 2. The molecule has 0 aliphatic heterocycles. The van der Waals surface area contributed by atoms with E-state index in [1.165, 1.54) is 41.5 Å². The van der Waals surface area contributed by atoms with Gasteiger partial charge in [0.15, 0.2) is 0 Å². The van der Waals surface area contributed by atoms with Crippen LogP contribution >= 0.6 is 11.3 Å². The van der Waals surface area contributed by atoms with Crippen LogP contribution in [-0.4, -0.2) is 34.6 Å². The maximum atomic E-state index is 12.8. The number of alkyl carbamates (subject to hydrolysis) is 1. The molecule has 2 aliphatic carbocycles. The summed E-state index contributed by atoms with van der Waals surface area (Å²) in [5.74, 6) is 0.439. The third-order valence-corrected chi connectivity index (χ3v) is 9.58. The molecule has 1 aromatic heterocycles. The lowest BCUT2D eigenvalue weighted by atomic mass is 9.90. The Morgan fingerprint density at radius 1 is 0.867 bits per heavy atom. The van der Waals surface area contributed by atoms with Crippen molar-refractivity contribution in [1.82, 2.24) is 15.5 Å². The van der Waals surface area contributed by atoms with Gasteiger partial charge >= 0.3 is 12.2 Å². The first-order valence-electron chi connectivity index (χ1n) is 15.8. The van der Waals surface area contributed by atoms with Gasteiger partial charge in [0.2, 0.25) is 0 Å². The van der Waals surface area contributed by atoms with Crippen molar-refractivity contribution in [1.29, 1.82) is 0 Å². The van der Waals surface area contributed by atoms with Crippen LogP contribution in [0, 0.1) is 0 Å². The van der Waals surface area contributed by atoms with Crippen LogP contribution in [0.4, 0.5) is 15.3 Å². The highest BCUT2D eigenvalue weighted by Crippen LogP contribution is 2.44. The standard InChI is InChI=1S/C36H40N4O4S/c1-36(2,3)44-35(42)38-31(33-40-39-32(45-33)24-11-5-4-6-12-24)21-23-17-19-25(20-18-23)37-34(41)43-22-30-28-15-9-7-13-26(28)27-14-8-10-16-29(27)30/h7-10,13-20,24,30-31H,4-6,11-12,21-22H2,1-3H3,(H,37,41)(H,38,42)/t31-/m0/s1. The molecule has 0 spiro atoms. The minimum Gasteiger partial charge on any atom is -0.448 e. The van der Waals surface area contributed by atoms with Gasteiger partial charge in [0.25, 0.3) is 0 Å². The van der Waals surface area contributed by atoms with Crippen molar-refractivity contribution in [2.24, 2.45) is 0 Å². The Morgan fingerprint density at radius 3 is 2.16 bits per heavy atom. The van der Waals surface area contributed by atoms with Gasteiger partial charge in [-0.05, 0) is 80.0 Å². The zero-order valence-corrected chi connectivity index (χ0v) is 26.9. The van der Waals surface area contributed by atoms with E-state index in [0.29, 0.717) is 18.0 Å². The summed E-state index contributed by atoms with van der Waals surface area (Å²) in [7, 11) is 0. The number of nitrogens with one attached hydrogen (secondary N) is 2. The molecule has 0 radical (unpaired) electrons. The van der Waals surface area contributed by atoms with Crippen molar-refractivity contribution in [2.45, 2.75) is 82.8 Å². The summed E-state index contributed by atoms with van der Waals surface area (Å²) in [6.45, 7) is 5.78. The van der Waals surface area contributed by atoms with E-state index in [-0.39, 0.29) is 12.5 Å². The van der Waals surface area contributed by atoms with Gasteiger partial charge in [-0.3, -0.25) is 5.32 Å². The third kappa shape index (κ3) is 7.53. The molecule has 0 bridgehead atoms. The minimum atomic E-state index is -0.616. The van der Waals surface area contributed by atoms with Gasteiger partial charge in [0.05, 0.1) is 6.04 Å². The molecule has 1 heterocycles. The number of anilines is 1. The first-order valence-corrected chi connectivity index (χ1v) is 16.6. The topological polar surface area (TPSA) is 102 Å². The van der Waals surface area contributed by atoms with Gasteiger partial charge in [-0.1, -0.05) is 91.3 Å². The fraction of sp³-hybridized carbons (Fsp3) is 0.389. The van der Waals surface area contributed by atoms with Gasteiger partial charge in [-0.2, -0.15) is 0 Å². The Hall–Kier alpha value is -4.24. The van der Waals surface area contributed by atoms with Gasteiger partial charge in [0, 0.05) is 17.5 Å². The Bertz CT molecular complexity index is 1590. The van der Waals surface area contributed by atoms with E-state index >= 15 is 0 Å². The molecular formula is C36H40N4O4S. The number of hydrogen-bond donors (Lipinski definition) is 2. The number of benzene rings is 3. The van der Waals surface area contributed by atoms with E-state index in [0.717, 1.165) is 28.4 Å². The lowest BCUT2D eigenvalue weighted by Gasteiger charge is -2.23. The smallest absolute Gasteiger partial charge is 0.411 e. The highest BCUT2D eigenvalue weighted by Gasteiger charge is 2.29. The fourth-order valence-corrected chi connectivity index (χ4v) is 7.33. The summed E-state index contributed by atoms with van der Waals surface area (Å²) in [6, 6.07) is 23.7. The number of nitrogens with zero attached hydrogens (tertiary/aromatic N) is 2. The molecule has 0 saturated heterocycles. The molecule has 0 unspecified atom stereocenters. The molecule has 1 atom stereocenters. The SMILES string of the molecule is CC(C)(C)OC(=O)N[C@@H](Cc1ccc(NC(=O)OCC2c3ccccc3-c3ccccc32)cc1)c1nnc(C2CCCCC2)s1. The van der Waals surface area contributed by atoms with E-state index in [2.05, 4.69) is 45.1 Å². The molecule has 1 saturated carbocycles. The number of hydrogen-bond acceptors (Lipinski definition) is 7. The van der Waals surface area contributed by atoms with Crippen LogP contribution in [0.15, 0.2) is 72.8 Å². The van der Waals surface area contributed by atoms with Gasteiger partial charge in [0.1, 0.15) is 22.2 Å². The van der Waals surface area contributed by atoms with Crippen molar-refractivity contribution < 1.29 is 19.1 Å². The summed E-state index contributed by atoms with van der Waals surface area (Å²) >= 11 is 1.58. The number of amides is 2. The van der Waals surface area contributed by atoms with E-state index in [9.17, 15) is 9.59 Å². The molecule has 4 aromatic rings. The Kier molecular flexibility index (Phi) is 9.16. The quantitative estimate of drug-likeness (QED) is 0.203. The third-order valence-electron chi connectivity index (χ3n) is 8.38. The van der Waals surface area contributed by atoms with Crippen LogP contribution in [0.25, 0.3) is 11.1 Å². The number of ether oxygens (including phenoxy) is 2. The summed E-state index contributed by atoms with van der Waals surface area (Å²) in [4.78, 5) is 25.6. The first-order chi connectivity index (χ1) is 21.7. The van der Waals surface area contributed by atoms with Crippen molar-refractivity contribution in [3.63, 3.8) is 0 Å². The second-order valence-corrected chi connectivity index (χ2v) is 13.9. The molecule has 1 fully saturated rings. The van der Waals surface area contributed by atoms with Crippen molar-refractivity contribution in [2.75, 3.05) is 11.9 Å². The molecule has 2 amide bonds. The highest BCUT2D eigenvalue weighted by atomic mass is 32.1. The zero-order valence-electron chi connectivity index (χ0n) is 26.0. The summed E-state index contributed by atoms with van der Waals surface area (Å²) in [5.41, 5.74) is 5.71. The Balaban J connectivity index is 1.09. The van der Waals surface area contributed by atoms with Crippen LogP contribution in [0.3, 0.4) is 0 Å². The van der Waals surface area contributed by atoms with Crippen molar-refractivity contribution in [3.8, 4) is 11.1 Å². The molecule has 45 heavy (non-hydrogen) atoms. The maximum Gasteiger partial charge on any atom is 0.411 e. The second-order valence-electron chi connectivity index (χ2n) is 12.9. The summed E-state index contributed by atoms with van der Waals surface area (Å²) in [5, 5.41) is 16.7. The van der Waals surface area contributed by atoms with Crippen LogP contribution in [0.1, 0.15) is 97.5 Å². The largest absolute Gasteiger partial charge is 0.448 e. The molecule has 8 nitrogen and oxygen atoms in total. The lowest BCUT2D eigenvalue weighted by molar-refractivity contribution is 0.0503. The lowest BCUT2D eigenvalue weighted by Crippen LogP contribution is -2.35. The van der Waals surface area contributed by atoms with Crippen LogP contribution < -0.4 is 10.6 Å². The number of fused-ring (bicyclic) bond motifs is 3. The Morgan fingerprint density at radius 2 is 1.51 bits per heavy atom. The molecule has 2 aliphatic rings. The Labute approximate surface area is 268 Å². The predicted octanol–water partition coefficient (Wildman–Crippen LogP) is 8.76. The minimum absolute atomic E-state index is 0.00101. The molecule has 3 aromatic carbocycles. The van der Waals surface area contributed by atoms with Gasteiger partial charge < -0.3 is 14.8 Å².